The van der Waals surface area contributed by atoms with Crippen molar-refractivity contribution < 1.29 is 4.74 Å². The first-order valence-electron chi connectivity index (χ1n) is 7.29. The average molecular weight is 298 g/mol. The van der Waals surface area contributed by atoms with Crippen molar-refractivity contribution in [2.75, 3.05) is 20.7 Å². The molecule has 0 radical (unpaired) electrons. The normalized spacial score (nSPS) is 12.7. The summed E-state index contributed by atoms with van der Waals surface area (Å²) in [5.74, 6) is 0. The Labute approximate surface area is 128 Å². The molecule has 3 nitrogen and oxygen atoms in total. The second-order valence-corrected chi connectivity index (χ2v) is 7.87. The number of nitrogens with zero attached hydrogens (tertiary/aromatic N) is 1. The zero-order valence-electron chi connectivity index (χ0n) is 14.0. The minimum atomic E-state index is 0.0754. The first kappa shape index (κ1) is 17.6. The topological polar surface area (TPSA) is 24.5 Å². The average Bonchev–Trinajstić information content (AvgIpc) is 2.67. The van der Waals surface area contributed by atoms with Gasteiger partial charge in [-0.1, -0.05) is 13.8 Å². The van der Waals surface area contributed by atoms with E-state index in [0.717, 1.165) is 13.2 Å². The van der Waals surface area contributed by atoms with Gasteiger partial charge in [0.15, 0.2) is 0 Å². The predicted molar refractivity (Wildman–Crippen MR) is 88.5 cm³/mol. The van der Waals surface area contributed by atoms with E-state index in [-0.39, 0.29) is 5.54 Å². The third-order valence-electron chi connectivity index (χ3n) is 3.68. The van der Waals surface area contributed by atoms with Crippen LogP contribution in [0.5, 0.6) is 0 Å². The van der Waals surface area contributed by atoms with E-state index in [1.165, 1.54) is 15.3 Å². The van der Waals surface area contributed by atoms with Crippen LogP contribution in [0.15, 0.2) is 6.07 Å². The van der Waals surface area contributed by atoms with E-state index < -0.39 is 0 Å². The van der Waals surface area contributed by atoms with Crippen LogP contribution < -0.4 is 5.32 Å². The maximum absolute atomic E-state index is 5.91. The number of hydrogen-bond acceptors (Lipinski definition) is 4. The van der Waals surface area contributed by atoms with Crippen LogP contribution in [0, 0.1) is 6.92 Å². The molecule has 0 aliphatic rings. The van der Waals surface area contributed by atoms with Crippen LogP contribution in [0.2, 0.25) is 0 Å². The Balaban J connectivity index is 2.48. The van der Waals surface area contributed by atoms with Gasteiger partial charge in [0.25, 0.3) is 0 Å². The zero-order valence-corrected chi connectivity index (χ0v) is 14.9. The third kappa shape index (κ3) is 5.52. The molecule has 116 valence electrons. The lowest BCUT2D eigenvalue weighted by molar-refractivity contribution is 0.0274. The molecule has 0 spiro atoms. The summed E-state index contributed by atoms with van der Waals surface area (Å²) >= 11 is 1.87. The van der Waals surface area contributed by atoms with Crippen LogP contribution in [0.3, 0.4) is 0 Å². The largest absolute Gasteiger partial charge is 0.375 e. The van der Waals surface area contributed by atoms with Crippen molar-refractivity contribution in [3.8, 4) is 0 Å². The van der Waals surface area contributed by atoms with Crippen LogP contribution in [0.4, 0.5) is 0 Å². The lowest BCUT2D eigenvalue weighted by Crippen LogP contribution is -2.42. The quantitative estimate of drug-likeness (QED) is 0.796. The van der Waals surface area contributed by atoms with E-state index in [1.807, 2.05) is 11.3 Å². The van der Waals surface area contributed by atoms with Gasteiger partial charge in [-0.25, -0.2) is 0 Å². The highest BCUT2D eigenvalue weighted by Gasteiger charge is 2.20. The molecule has 0 aliphatic heterocycles. The molecule has 1 heterocycles. The summed E-state index contributed by atoms with van der Waals surface area (Å²) in [6, 6.07) is 2.80. The summed E-state index contributed by atoms with van der Waals surface area (Å²) in [5.41, 5.74) is 1.40. The summed E-state index contributed by atoms with van der Waals surface area (Å²) in [7, 11) is 4.18. The molecule has 20 heavy (non-hydrogen) atoms. The molecule has 0 aromatic carbocycles. The van der Waals surface area contributed by atoms with Gasteiger partial charge in [0.05, 0.1) is 13.2 Å². The van der Waals surface area contributed by atoms with Crippen LogP contribution in [-0.4, -0.2) is 37.2 Å². The Bertz CT molecular complexity index is 411. The molecule has 0 unspecified atom stereocenters. The maximum atomic E-state index is 5.91. The number of rotatable bonds is 8. The zero-order chi connectivity index (χ0) is 15.3. The summed E-state index contributed by atoms with van der Waals surface area (Å²) < 4.78 is 5.91. The molecule has 0 fully saturated rings. The van der Waals surface area contributed by atoms with Gasteiger partial charge in [-0.15, -0.1) is 11.3 Å². The highest BCUT2D eigenvalue weighted by Crippen LogP contribution is 2.23. The van der Waals surface area contributed by atoms with E-state index in [9.17, 15) is 0 Å². The smallest absolute Gasteiger partial charge is 0.0728 e. The lowest BCUT2D eigenvalue weighted by Gasteiger charge is -2.32. The monoisotopic (exact) mass is 298 g/mol. The molecule has 1 aromatic rings. The Morgan fingerprint density at radius 1 is 1.35 bits per heavy atom. The fourth-order valence-corrected chi connectivity index (χ4v) is 2.66. The summed E-state index contributed by atoms with van der Waals surface area (Å²) in [5, 5.41) is 3.46. The molecule has 0 atom stereocenters. The molecule has 4 heteroatoms. The lowest BCUT2D eigenvalue weighted by atomic mass is 10.1. The third-order valence-corrected chi connectivity index (χ3v) is 4.77. The standard InChI is InChI=1S/C16H30N2OS/c1-12(2)17-9-15-8-14(13(3)20-15)10-19-11-16(4,5)18(6)7/h8,12,17H,9-11H2,1-7H3. The van der Waals surface area contributed by atoms with Crippen LogP contribution in [-0.2, 0) is 17.9 Å². The first-order valence-corrected chi connectivity index (χ1v) is 8.11. The van der Waals surface area contributed by atoms with Gasteiger partial charge in [0, 0.05) is 27.9 Å². The minimum Gasteiger partial charge on any atom is -0.375 e. The summed E-state index contributed by atoms with van der Waals surface area (Å²) in [6.07, 6.45) is 0. The molecular weight excluding hydrogens is 268 g/mol. The van der Waals surface area contributed by atoms with Gasteiger partial charge >= 0.3 is 0 Å². The number of ether oxygens (including phenoxy) is 1. The Hall–Kier alpha value is -0.420. The van der Waals surface area contributed by atoms with Crippen molar-refractivity contribution in [3.05, 3.63) is 21.4 Å². The Kier molecular flexibility index (Phi) is 6.65. The van der Waals surface area contributed by atoms with E-state index in [4.69, 9.17) is 4.74 Å². The molecule has 0 bridgehead atoms. The molecule has 0 aliphatic carbocycles. The number of nitrogens with one attached hydrogen (secondary N) is 1. The van der Waals surface area contributed by atoms with Crippen LogP contribution >= 0.6 is 11.3 Å². The van der Waals surface area contributed by atoms with Crippen molar-refractivity contribution >= 4 is 11.3 Å². The van der Waals surface area contributed by atoms with E-state index in [0.29, 0.717) is 12.6 Å². The highest BCUT2D eigenvalue weighted by atomic mass is 32.1. The van der Waals surface area contributed by atoms with E-state index >= 15 is 0 Å². The molecule has 1 rings (SSSR count). The van der Waals surface area contributed by atoms with E-state index in [2.05, 4.69) is 65.0 Å². The SMILES string of the molecule is Cc1sc(CNC(C)C)cc1COCC(C)(C)N(C)C. The molecule has 1 aromatic heterocycles. The maximum Gasteiger partial charge on any atom is 0.0728 e. The number of hydrogen-bond donors (Lipinski definition) is 1. The van der Waals surface area contributed by atoms with Crippen molar-refractivity contribution in [2.24, 2.45) is 0 Å². The van der Waals surface area contributed by atoms with Crippen molar-refractivity contribution in [3.63, 3.8) is 0 Å². The second-order valence-electron chi connectivity index (χ2n) is 6.53. The molecule has 1 N–H and O–H groups in total. The summed E-state index contributed by atoms with van der Waals surface area (Å²) in [4.78, 5) is 4.96. The number of likely N-dealkylation sites (N-methyl/N-ethyl adjacent to an activating group) is 1. The van der Waals surface area contributed by atoms with Crippen molar-refractivity contribution in [2.45, 2.75) is 59.4 Å². The molecule has 0 amide bonds. The Morgan fingerprint density at radius 2 is 2.00 bits per heavy atom. The van der Waals surface area contributed by atoms with Crippen LogP contribution in [0.1, 0.15) is 43.0 Å². The van der Waals surface area contributed by atoms with Gasteiger partial charge in [-0.3, -0.25) is 0 Å². The first-order chi connectivity index (χ1) is 9.22. The molecular formula is C16H30N2OS. The number of thiophene rings is 1. The van der Waals surface area contributed by atoms with Gasteiger partial charge in [-0.2, -0.15) is 0 Å². The van der Waals surface area contributed by atoms with Crippen molar-refractivity contribution in [1.82, 2.24) is 10.2 Å². The highest BCUT2D eigenvalue weighted by molar-refractivity contribution is 7.12. The molecule has 0 saturated carbocycles. The Morgan fingerprint density at radius 3 is 2.55 bits per heavy atom. The molecule has 0 saturated heterocycles. The van der Waals surface area contributed by atoms with Gasteiger partial charge in [0.1, 0.15) is 0 Å². The fraction of sp³-hybridized carbons (Fsp3) is 0.750. The van der Waals surface area contributed by atoms with E-state index in [1.54, 1.807) is 0 Å². The second kappa shape index (κ2) is 7.55. The van der Waals surface area contributed by atoms with Gasteiger partial charge in [0.2, 0.25) is 0 Å². The van der Waals surface area contributed by atoms with Crippen molar-refractivity contribution in [1.29, 1.82) is 0 Å². The fourth-order valence-electron chi connectivity index (χ4n) is 1.66. The minimum absolute atomic E-state index is 0.0754. The number of aryl methyl sites for hydroxylation is 1. The predicted octanol–water partition coefficient (Wildman–Crippen LogP) is 3.41. The summed E-state index contributed by atoms with van der Waals surface area (Å²) in [6.45, 7) is 13.3. The van der Waals surface area contributed by atoms with Gasteiger partial charge in [-0.05, 0) is 46.5 Å². The van der Waals surface area contributed by atoms with Gasteiger partial charge < -0.3 is 15.0 Å². The van der Waals surface area contributed by atoms with Crippen LogP contribution in [0.25, 0.3) is 0 Å².